The molecule has 0 saturated carbocycles. The average molecular weight is 229 g/mol. The molecule has 0 bridgehead atoms. The van der Waals surface area contributed by atoms with Gasteiger partial charge in [-0.2, -0.15) is 0 Å². The van der Waals surface area contributed by atoms with Crippen LogP contribution in [-0.2, 0) is 16.0 Å². The van der Waals surface area contributed by atoms with Crippen LogP contribution in [0.3, 0.4) is 0 Å². The largest absolute Gasteiger partial charge is 0.508 e. The Kier molecular flexibility index (Phi) is 3.97. The summed E-state index contributed by atoms with van der Waals surface area (Å²) in [6.07, 6.45) is -0.122. The highest BCUT2D eigenvalue weighted by Gasteiger charge is 2.10. The van der Waals surface area contributed by atoms with Crippen molar-refractivity contribution < 1.29 is 14.6 Å². The summed E-state index contributed by atoms with van der Waals surface area (Å²) in [4.78, 5) is 11.3. The quantitative estimate of drug-likeness (QED) is 0.809. The molecule has 0 spiro atoms. The molecule has 0 aliphatic rings. The van der Waals surface area contributed by atoms with Crippen molar-refractivity contribution in [2.75, 3.05) is 0 Å². The van der Waals surface area contributed by atoms with Crippen LogP contribution in [0, 0.1) is 0 Å². The Labute approximate surface area is 93.6 Å². The summed E-state index contributed by atoms with van der Waals surface area (Å²) in [6.45, 7) is 3.55. The maximum Gasteiger partial charge on any atom is 0.310 e. The third kappa shape index (κ3) is 3.80. The summed E-state index contributed by atoms with van der Waals surface area (Å²) in [7, 11) is 0. The summed E-state index contributed by atoms with van der Waals surface area (Å²) in [5.74, 6) is -0.317. The summed E-state index contributed by atoms with van der Waals surface area (Å²) < 4.78 is 4.96. The second-order valence-electron chi connectivity index (χ2n) is 3.49. The number of carbonyl (C=O) groups excluding carboxylic acids is 1. The second kappa shape index (κ2) is 5.03. The van der Waals surface area contributed by atoms with E-state index in [1.165, 1.54) is 6.07 Å². The topological polar surface area (TPSA) is 46.5 Å². The second-order valence-corrected chi connectivity index (χ2v) is 3.92. The highest BCUT2D eigenvalue weighted by Crippen LogP contribution is 2.22. The van der Waals surface area contributed by atoms with E-state index in [-0.39, 0.29) is 24.2 Å². The van der Waals surface area contributed by atoms with Crippen molar-refractivity contribution in [1.29, 1.82) is 0 Å². The lowest BCUT2D eigenvalue weighted by atomic mass is 10.1. The number of aromatic hydroxyl groups is 1. The van der Waals surface area contributed by atoms with Crippen LogP contribution < -0.4 is 0 Å². The van der Waals surface area contributed by atoms with Crippen molar-refractivity contribution in [2.24, 2.45) is 0 Å². The van der Waals surface area contributed by atoms with Crippen molar-refractivity contribution in [3.63, 3.8) is 0 Å². The van der Waals surface area contributed by atoms with Gasteiger partial charge in [0.05, 0.1) is 12.5 Å². The number of phenolic OH excluding ortho intramolecular Hbond substituents is 1. The highest BCUT2D eigenvalue weighted by molar-refractivity contribution is 6.30. The Morgan fingerprint density at radius 1 is 1.53 bits per heavy atom. The summed E-state index contributed by atoms with van der Waals surface area (Å²) in [5, 5.41) is 9.94. The fraction of sp³-hybridized carbons (Fsp3) is 0.364. The zero-order valence-electron chi connectivity index (χ0n) is 8.66. The van der Waals surface area contributed by atoms with E-state index < -0.39 is 0 Å². The first-order chi connectivity index (χ1) is 6.99. The first-order valence-corrected chi connectivity index (χ1v) is 5.03. The third-order valence-corrected chi connectivity index (χ3v) is 1.98. The number of rotatable bonds is 3. The molecule has 4 heteroatoms. The van der Waals surface area contributed by atoms with E-state index in [0.717, 1.165) is 0 Å². The Bertz CT molecular complexity index is 361. The molecule has 0 radical (unpaired) electrons. The molecule has 0 aromatic heterocycles. The van der Waals surface area contributed by atoms with E-state index in [0.29, 0.717) is 10.6 Å². The third-order valence-electron chi connectivity index (χ3n) is 1.74. The molecule has 1 rings (SSSR count). The number of hydrogen-bond acceptors (Lipinski definition) is 3. The van der Waals surface area contributed by atoms with Crippen molar-refractivity contribution in [2.45, 2.75) is 26.4 Å². The van der Waals surface area contributed by atoms with Crippen LogP contribution in [0.2, 0.25) is 5.02 Å². The highest BCUT2D eigenvalue weighted by atomic mass is 35.5. The predicted octanol–water partition coefficient (Wildman–Crippen LogP) is 2.54. The number of ether oxygens (including phenoxy) is 1. The minimum atomic E-state index is -0.373. The van der Waals surface area contributed by atoms with Crippen molar-refractivity contribution >= 4 is 17.6 Å². The number of phenols is 1. The van der Waals surface area contributed by atoms with Gasteiger partial charge in [-0.1, -0.05) is 11.6 Å². The summed E-state index contributed by atoms with van der Waals surface area (Å²) in [5.41, 5.74) is 0.480. The van der Waals surface area contributed by atoms with Crippen LogP contribution in [0.25, 0.3) is 0 Å². The maximum atomic E-state index is 11.3. The fourth-order valence-electron chi connectivity index (χ4n) is 1.16. The van der Waals surface area contributed by atoms with Gasteiger partial charge in [0.2, 0.25) is 0 Å². The molecule has 1 N–H and O–H groups in total. The lowest BCUT2D eigenvalue weighted by Crippen LogP contribution is -2.13. The number of halogens is 1. The molecule has 82 valence electrons. The minimum Gasteiger partial charge on any atom is -0.508 e. The minimum absolute atomic E-state index is 0.0323. The molecule has 0 heterocycles. The van der Waals surface area contributed by atoms with Crippen molar-refractivity contribution in [3.8, 4) is 5.75 Å². The van der Waals surface area contributed by atoms with E-state index in [4.69, 9.17) is 16.3 Å². The van der Waals surface area contributed by atoms with Gasteiger partial charge >= 0.3 is 5.97 Å². The van der Waals surface area contributed by atoms with Crippen LogP contribution >= 0.6 is 11.6 Å². The molecule has 0 fully saturated rings. The molecule has 0 amide bonds. The molecular formula is C11H13ClO3. The SMILES string of the molecule is CC(C)OC(=O)Cc1cc(Cl)ccc1O. The number of benzene rings is 1. The van der Waals surface area contributed by atoms with E-state index in [1.54, 1.807) is 26.0 Å². The molecule has 3 nitrogen and oxygen atoms in total. The van der Waals surface area contributed by atoms with Crippen LogP contribution in [0.4, 0.5) is 0 Å². The maximum absolute atomic E-state index is 11.3. The Morgan fingerprint density at radius 3 is 2.80 bits per heavy atom. The molecule has 0 unspecified atom stereocenters. The first kappa shape index (κ1) is 11.9. The zero-order chi connectivity index (χ0) is 11.4. The molecule has 1 aromatic rings. The van der Waals surface area contributed by atoms with Crippen molar-refractivity contribution in [3.05, 3.63) is 28.8 Å². The Hall–Kier alpha value is -1.22. The van der Waals surface area contributed by atoms with Crippen molar-refractivity contribution in [1.82, 2.24) is 0 Å². The fourth-order valence-corrected chi connectivity index (χ4v) is 1.35. The van der Waals surface area contributed by atoms with E-state index in [2.05, 4.69) is 0 Å². The average Bonchev–Trinajstić information content (AvgIpc) is 2.10. The predicted molar refractivity (Wildman–Crippen MR) is 58.0 cm³/mol. The zero-order valence-corrected chi connectivity index (χ0v) is 9.41. The van der Waals surface area contributed by atoms with Gasteiger partial charge in [-0.05, 0) is 32.0 Å². The van der Waals surface area contributed by atoms with Gasteiger partial charge in [0.25, 0.3) is 0 Å². The summed E-state index contributed by atoms with van der Waals surface area (Å²) >= 11 is 5.74. The number of hydrogen-bond donors (Lipinski definition) is 1. The van der Waals surface area contributed by atoms with Gasteiger partial charge in [-0.25, -0.2) is 0 Å². The standard InChI is InChI=1S/C11H13ClO3/c1-7(2)15-11(14)6-8-5-9(12)3-4-10(8)13/h3-5,7,13H,6H2,1-2H3. The van der Waals surface area contributed by atoms with E-state index >= 15 is 0 Å². The van der Waals surface area contributed by atoms with Gasteiger partial charge in [-0.3, -0.25) is 4.79 Å². The molecule has 0 aliphatic heterocycles. The first-order valence-electron chi connectivity index (χ1n) is 4.66. The van der Waals surface area contributed by atoms with Gasteiger partial charge in [0.1, 0.15) is 5.75 Å². The number of esters is 1. The molecular weight excluding hydrogens is 216 g/mol. The lowest BCUT2D eigenvalue weighted by Gasteiger charge is -2.08. The van der Waals surface area contributed by atoms with E-state index in [9.17, 15) is 9.90 Å². The van der Waals surface area contributed by atoms with Gasteiger partial charge in [-0.15, -0.1) is 0 Å². The monoisotopic (exact) mass is 228 g/mol. The molecule has 0 saturated heterocycles. The van der Waals surface area contributed by atoms with Gasteiger partial charge in [0, 0.05) is 10.6 Å². The van der Waals surface area contributed by atoms with Gasteiger partial charge in [0.15, 0.2) is 0 Å². The molecule has 15 heavy (non-hydrogen) atoms. The van der Waals surface area contributed by atoms with Crippen LogP contribution in [-0.4, -0.2) is 17.2 Å². The van der Waals surface area contributed by atoms with E-state index in [1.807, 2.05) is 0 Å². The lowest BCUT2D eigenvalue weighted by molar-refractivity contribution is -0.146. The normalized spacial score (nSPS) is 10.4. The molecule has 0 aliphatic carbocycles. The smallest absolute Gasteiger partial charge is 0.310 e. The van der Waals surface area contributed by atoms with Crippen LogP contribution in [0.15, 0.2) is 18.2 Å². The number of carbonyl (C=O) groups is 1. The van der Waals surface area contributed by atoms with Crippen LogP contribution in [0.1, 0.15) is 19.4 Å². The molecule has 0 atom stereocenters. The van der Waals surface area contributed by atoms with Gasteiger partial charge < -0.3 is 9.84 Å². The summed E-state index contributed by atoms with van der Waals surface area (Å²) in [6, 6.07) is 4.58. The Morgan fingerprint density at radius 2 is 2.20 bits per heavy atom. The van der Waals surface area contributed by atoms with Crippen LogP contribution in [0.5, 0.6) is 5.75 Å². The molecule has 1 aromatic carbocycles. The Balaban J connectivity index is 2.71.